The van der Waals surface area contributed by atoms with Gasteiger partial charge in [-0.25, -0.2) is 4.79 Å². The largest absolute Gasteiger partial charge is 0.458 e. The third-order valence-corrected chi connectivity index (χ3v) is 1.32. The Morgan fingerprint density at radius 1 is 1.80 bits per heavy atom. The van der Waals surface area contributed by atoms with Crippen LogP contribution < -0.4 is 0 Å². The maximum absolute atomic E-state index is 10.4. The molecule has 1 saturated heterocycles. The highest BCUT2D eigenvalue weighted by Gasteiger charge is 2.18. The molecule has 0 radical (unpaired) electrons. The zero-order chi connectivity index (χ0) is 7.40. The number of carbonyl (C=O) groups is 1. The lowest BCUT2D eigenvalue weighted by molar-refractivity contribution is -0.152. The van der Waals surface area contributed by atoms with Gasteiger partial charge in [-0.1, -0.05) is 0 Å². The van der Waals surface area contributed by atoms with Gasteiger partial charge in [-0.3, -0.25) is 0 Å². The Morgan fingerprint density at radius 2 is 2.60 bits per heavy atom. The van der Waals surface area contributed by atoms with Crippen molar-refractivity contribution in [3.63, 3.8) is 0 Å². The maximum atomic E-state index is 10.4. The predicted octanol–water partition coefficient (Wildman–Crippen LogP) is -0.689. The number of aliphatic hydroxyl groups excluding tert-OH is 1. The summed E-state index contributed by atoms with van der Waals surface area (Å²) >= 11 is 0. The lowest BCUT2D eigenvalue weighted by Gasteiger charge is -2.07. The minimum absolute atomic E-state index is 0.139. The summed E-state index contributed by atoms with van der Waals surface area (Å²) in [5.41, 5.74) is 0. The quantitative estimate of drug-likeness (QED) is 0.524. The zero-order valence-corrected chi connectivity index (χ0v) is 5.58. The lowest BCUT2D eigenvalue weighted by Crippen LogP contribution is -2.20. The van der Waals surface area contributed by atoms with Crippen LogP contribution in [-0.2, 0) is 14.3 Å². The fraction of sp³-hybridized carbons (Fsp3) is 0.833. The Balaban J connectivity index is 2.17. The van der Waals surface area contributed by atoms with E-state index in [1.165, 1.54) is 0 Å². The second kappa shape index (κ2) is 3.53. The molecular formula is C6H10O4. The van der Waals surface area contributed by atoms with Crippen LogP contribution in [0.4, 0.5) is 0 Å². The average Bonchev–Trinajstić information content (AvgIpc) is 2.40. The van der Waals surface area contributed by atoms with Crippen LogP contribution in [0.5, 0.6) is 0 Å². The highest BCUT2D eigenvalue weighted by atomic mass is 16.6. The number of carbonyl (C=O) groups excluding carboxylic acids is 1. The summed E-state index contributed by atoms with van der Waals surface area (Å²) in [5.74, 6) is -0.574. The van der Waals surface area contributed by atoms with Crippen molar-refractivity contribution in [3.8, 4) is 0 Å². The summed E-state index contributed by atoms with van der Waals surface area (Å²) in [6, 6.07) is 0. The van der Waals surface area contributed by atoms with Crippen molar-refractivity contribution in [1.29, 1.82) is 0 Å². The van der Waals surface area contributed by atoms with Gasteiger partial charge in [0.15, 0.2) is 0 Å². The third-order valence-electron chi connectivity index (χ3n) is 1.32. The Labute approximate surface area is 58.7 Å². The average molecular weight is 146 g/mol. The molecule has 1 atom stereocenters. The Kier molecular flexibility index (Phi) is 2.65. The number of esters is 1. The Morgan fingerprint density at radius 3 is 3.10 bits per heavy atom. The van der Waals surface area contributed by atoms with Gasteiger partial charge in [-0.05, 0) is 0 Å². The molecule has 0 saturated carbocycles. The van der Waals surface area contributed by atoms with E-state index < -0.39 is 12.6 Å². The number of ether oxygens (including phenoxy) is 2. The molecule has 0 aliphatic carbocycles. The van der Waals surface area contributed by atoms with Gasteiger partial charge in [0.2, 0.25) is 0 Å². The molecule has 1 fully saturated rings. The van der Waals surface area contributed by atoms with Crippen LogP contribution in [0, 0.1) is 0 Å². The topological polar surface area (TPSA) is 55.8 Å². The van der Waals surface area contributed by atoms with E-state index in [0.29, 0.717) is 13.2 Å². The standard InChI is InChI=1S/C6H10O4/c7-3-6(8)10-5-1-2-9-4-5/h5,7H,1-4H2/t5-/m0/s1. The normalized spacial score (nSPS) is 24.7. The van der Waals surface area contributed by atoms with E-state index in [9.17, 15) is 4.79 Å². The van der Waals surface area contributed by atoms with E-state index >= 15 is 0 Å². The SMILES string of the molecule is O=C(CO)O[C@H]1CCOC1. The number of rotatable bonds is 2. The van der Waals surface area contributed by atoms with Gasteiger partial charge < -0.3 is 14.6 Å². The van der Waals surface area contributed by atoms with Crippen molar-refractivity contribution in [2.45, 2.75) is 12.5 Å². The fourth-order valence-electron chi connectivity index (χ4n) is 0.829. The van der Waals surface area contributed by atoms with Gasteiger partial charge in [0.25, 0.3) is 0 Å². The van der Waals surface area contributed by atoms with Crippen molar-refractivity contribution >= 4 is 5.97 Å². The molecule has 1 aliphatic rings. The van der Waals surface area contributed by atoms with Crippen molar-refractivity contribution in [2.24, 2.45) is 0 Å². The monoisotopic (exact) mass is 146 g/mol. The fourth-order valence-corrected chi connectivity index (χ4v) is 0.829. The second-order valence-corrected chi connectivity index (χ2v) is 2.13. The molecule has 0 unspecified atom stereocenters. The summed E-state index contributed by atoms with van der Waals surface area (Å²) in [6.45, 7) is 0.561. The first kappa shape index (κ1) is 7.50. The van der Waals surface area contributed by atoms with Crippen molar-refractivity contribution in [2.75, 3.05) is 19.8 Å². The summed E-state index contributed by atoms with van der Waals surface area (Å²) < 4.78 is 9.69. The molecule has 4 nitrogen and oxygen atoms in total. The first-order valence-corrected chi connectivity index (χ1v) is 3.21. The molecule has 58 valence electrons. The predicted molar refractivity (Wildman–Crippen MR) is 32.4 cm³/mol. The molecule has 0 aromatic heterocycles. The number of hydrogen-bond donors (Lipinski definition) is 1. The van der Waals surface area contributed by atoms with Crippen LogP contribution in [0.15, 0.2) is 0 Å². The van der Waals surface area contributed by atoms with Gasteiger partial charge in [0.05, 0.1) is 13.2 Å². The number of aliphatic hydroxyl groups is 1. The van der Waals surface area contributed by atoms with Crippen LogP contribution in [0.2, 0.25) is 0 Å². The first-order chi connectivity index (χ1) is 4.83. The molecule has 1 heterocycles. The molecule has 0 aromatic rings. The van der Waals surface area contributed by atoms with Crippen LogP contribution in [0.25, 0.3) is 0 Å². The molecule has 10 heavy (non-hydrogen) atoms. The molecule has 1 rings (SSSR count). The molecule has 0 spiro atoms. The first-order valence-electron chi connectivity index (χ1n) is 3.21. The van der Waals surface area contributed by atoms with E-state index in [1.807, 2.05) is 0 Å². The molecular weight excluding hydrogens is 136 g/mol. The van der Waals surface area contributed by atoms with Gasteiger partial charge in [-0.15, -0.1) is 0 Å². The van der Waals surface area contributed by atoms with Gasteiger partial charge in [0, 0.05) is 6.42 Å². The Hall–Kier alpha value is -0.610. The van der Waals surface area contributed by atoms with Gasteiger partial charge in [-0.2, -0.15) is 0 Å². The van der Waals surface area contributed by atoms with E-state index in [4.69, 9.17) is 14.6 Å². The van der Waals surface area contributed by atoms with E-state index in [1.54, 1.807) is 0 Å². The molecule has 0 aromatic carbocycles. The van der Waals surface area contributed by atoms with Crippen molar-refractivity contribution in [3.05, 3.63) is 0 Å². The molecule has 1 N–H and O–H groups in total. The van der Waals surface area contributed by atoms with Gasteiger partial charge in [0.1, 0.15) is 12.7 Å². The summed E-state index contributed by atoms with van der Waals surface area (Å²) in [6.07, 6.45) is 0.603. The van der Waals surface area contributed by atoms with Crippen LogP contribution in [-0.4, -0.2) is 37.0 Å². The van der Waals surface area contributed by atoms with E-state index in [-0.39, 0.29) is 6.10 Å². The van der Waals surface area contributed by atoms with E-state index in [0.717, 1.165) is 6.42 Å². The Bertz CT molecular complexity index is 117. The molecule has 0 bridgehead atoms. The van der Waals surface area contributed by atoms with Gasteiger partial charge >= 0.3 is 5.97 Å². The molecule has 0 amide bonds. The van der Waals surface area contributed by atoms with Crippen LogP contribution in [0.1, 0.15) is 6.42 Å². The molecule has 4 heteroatoms. The van der Waals surface area contributed by atoms with Crippen LogP contribution >= 0.6 is 0 Å². The van der Waals surface area contributed by atoms with E-state index in [2.05, 4.69) is 0 Å². The van der Waals surface area contributed by atoms with Crippen LogP contribution in [0.3, 0.4) is 0 Å². The minimum Gasteiger partial charge on any atom is -0.458 e. The summed E-state index contributed by atoms with van der Waals surface area (Å²) in [4.78, 5) is 10.4. The van der Waals surface area contributed by atoms with Crippen molar-refractivity contribution < 1.29 is 19.4 Å². The molecule has 1 aliphatic heterocycles. The second-order valence-electron chi connectivity index (χ2n) is 2.13. The third kappa shape index (κ3) is 1.97. The summed E-state index contributed by atoms with van der Waals surface area (Å²) in [7, 11) is 0. The zero-order valence-electron chi connectivity index (χ0n) is 5.58. The maximum Gasteiger partial charge on any atom is 0.332 e. The summed E-state index contributed by atoms with van der Waals surface area (Å²) in [5, 5.41) is 8.28. The lowest BCUT2D eigenvalue weighted by atomic mass is 10.3. The minimum atomic E-state index is -0.574. The van der Waals surface area contributed by atoms with Crippen molar-refractivity contribution in [1.82, 2.24) is 0 Å². The smallest absolute Gasteiger partial charge is 0.332 e. The highest BCUT2D eigenvalue weighted by Crippen LogP contribution is 2.07. The number of hydrogen-bond acceptors (Lipinski definition) is 4. The highest BCUT2D eigenvalue weighted by molar-refractivity contribution is 5.70.